The first-order chi connectivity index (χ1) is 62.8. The molecule has 9 fully saturated rings. The van der Waals surface area contributed by atoms with Crippen molar-refractivity contribution in [3.05, 3.63) is 132 Å². The SMILES string of the molecule is C1=NC(N2CCCCC2)C2=C(CC3(CC2)OCCO3)N1.C1CCNCC1.CC1=CC(=O)CCC1.CC1=CC2=C(CC1)C(N1CCCCC1)N=CN2.CCOC(=O)C1CCC(C)=CC1=O.CCOC(=O)C1CCC2(CC1=O)OCCO2.Cl.O=c1[nH]cnc2c1CCC1(C2)OCCO1.OC1=CC2=C(CC1)C(N1CCCCC1)N=CN2.OC1=CC2=C(CC1)C(N1CCCCC1)N=CN2. The van der Waals surface area contributed by atoms with E-state index in [9.17, 15) is 39.0 Å². The van der Waals surface area contributed by atoms with Gasteiger partial charge in [0, 0.05) is 132 Å². The molecule has 6 unspecified atom stereocenters. The van der Waals surface area contributed by atoms with Gasteiger partial charge in [-0.2, -0.15) is 0 Å². The Bertz CT molecular complexity index is 4260. The number of aliphatic hydroxyl groups is 2. The molecule has 20 aliphatic rings. The lowest BCUT2D eigenvalue weighted by Crippen LogP contribution is -2.46. The van der Waals surface area contributed by atoms with Gasteiger partial charge in [0.15, 0.2) is 34.7 Å². The molecule has 21 rings (SSSR count). The zero-order chi connectivity index (χ0) is 90.4. The molecule has 0 bridgehead atoms. The van der Waals surface area contributed by atoms with Gasteiger partial charge in [-0.25, -0.2) is 4.98 Å². The Labute approximate surface area is 774 Å². The molecule has 8 aliphatic carbocycles. The number of H-pyrrole nitrogens is 1. The minimum atomic E-state index is -0.750. The summed E-state index contributed by atoms with van der Waals surface area (Å²) in [6.45, 7) is 25.9. The molecule has 13 heterocycles. The molecule has 0 aromatic carbocycles. The number of esters is 2. The van der Waals surface area contributed by atoms with Gasteiger partial charge < -0.3 is 79.7 Å². The van der Waals surface area contributed by atoms with E-state index in [0.29, 0.717) is 95.2 Å². The summed E-state index contributed by atoms with van der Waals surface area (Å²) < 4.78 is 43.5. The highest BCUT2D eigenvalue weighted by Crippen LogP contribution is 2.43. The molecular formula is C98H146ClN15O16. The average molecular weight is 1830 g/mol. The Morgan fingerprint density at radius 2 is 0.854 bits per heavy atom. The molecule has 0 amide bonds. The van der Waals surface area contributed by atoms with Crippen molar-refractivity contribution in [2.45, 2.75) is 301 Å². The summed E-state index contributed by atoms with van der Waals surface area (Å²) in [4.78, 5) is 103. The van der Waals surface area contributed by atoms with Gasteiger partial charge in [0.05, 0.1) is 108 Å². The van der Waals surface area contributed by atoms with Gasteiger partial charge in [0.2, 0.25) is 0 Å². The number of carbonyl (C=O) groups is 5. The molecular weight excluding hydrogens is 1680 g/mol. The summed E-state index contributed by atoms with van der Waals surface area (Å²) in [7, 11) is 0. The number of nitrogens with zero attached hydrogens (tertiary/aromatic N) is 9. The summed E-state index contributed by atoms with van der Waals surface area (Å²) >= 11 is 0. The van der Waals surface area contributed by atoms with Crippen LogP contribution < -0.4 is 32.1 Å². The zero-order valence-electron chi connectivity index (χ0n) is 77.8. The number of halogens is 1. The summed E-state index contributed by atoms with van der Waals surface area (Å²) in [5.41, 5.74) is 15.7. The fraction of sp³-hybridized carbons (Fsp3) is 0.684. The number of hydrogen-bond acceptors (Lipinski definition) is 30. The van der Waals surface area contributed by atoms with Crippen LogP contribution in [0.4, 0.5) is 0 Å². The van der Waals surface area contributed by atoms with Crippen molar-refractivity contribution in [1.29, 1.82) is 0 Å². The molecule has 0 radical (unpaired) electrons. The summed E-state index contributed by atoms with van der Waals surface area (Å²) in [5, 5.41) is 35.4. The van der Waals surface area contributed by atoms with Crippen molar-refractivity contribution in [3.8, 4) is 0 Å². The second kappa shape index (κ2) is 50.8. The molecule has 12 aliphatic heterocycles. The monoisotopic (exact) mass is 1820 g/mol. The van der Waals surface area contributed by atoms with Crippen molar-refractivity contribution in [2.24, 2.45) is 31.8 Å². The molecule has 1 saturated carbocycles. The summed E-state index contributed by atoms with van der Waals surface area (Å²) in [5.74, 6) is -2.58. The summed E-state index contributed by atoms with van der Waals surface area (Å²) in [6, 6.07) is 0. The van der Waals surface area contributed by atoms with Crippen LogP contribution in [0.25, 0.3) is 0 Å². The van der Waals surface area contributed by atoms with Gasteiger partial charge in [-0.15, -0.1) is 12.4 Å². The lowest BCUT2D eigenvalue weighted by Gasteiger charge is -2.41. The fourth-order valence-corrected chi connectivity index (χ4v) is 20.3. The van der Waals surface area contributed by atoms with Crippen LogP contribution in [0.1, 0.15) is 258 Å². The van der Waals surface area contributed by atoms with E-state index in [4.69, 9.17) is 42.9 Å². The third kappa shape index (κ3) is 28.5. The lowest BCUT2D eigenvalue weighted by molar-refractivity contribution is -0.189. The predicted molar refractivity (Wildman–Crippen MR) is 503 cm³/mol. The minimum Gasteiger partial charge on any atom is -0.512 e. The molecule has 716 valence electrons. The maximum Gasteiger partial charge on any atom is 0.316 e. The van der Waals surface area contributed by atoms with Gasteiger partial charge in [0.1, 0.15) is 36.5 Å². The lowest BCUT2D eigenvalue weighted by atomic mass is 9.84. The average Bonchev–Trinajstić information content (AvgIpc) is 1.63. The van der Waals surface area contributed by atoms with Crippen LogP contribution in [0.3, 0.4) is 0 Å². The highest BCUT2D eigenvalue weighted by atomic mass is 35.5. The molecule has 6 atom stereocenters. The fourth-order valence-electron chi connectivity index (χ4n) is 20.3. The van der Waals surface area contributed by atoms with E-state index in [-0.39, 0.29) is 66.2 Å². The van der Waals surface area contributed by atoms with E-state index >= 15 is 0 Å². The maximum absolute atomic E-state index is 11.8. The number of Topliss-reactive ketones (excluding diaryl/α,β-unsaturated/α-hetero) is 1. The van der Waals surface area contributed by atoms with Gasteiger partial charge in [-0.1, -0.05) is 48.8 Å². The highest BCUT2D eigenvalue weighted by Gasteiger charge is 2.48. The quantitative estimate of drug-likeness (QED) is 0.0885. The van der Waals surface area contributed by atoms with Crippen LogP contribution in [0.15, 0.2) is 135 Å². The van der Waals surface area contributed by atoms with Crippen LogP contribution in [0.2, 0.25) is 0 Å². The number of carbonyl (C=O) groups excluding carboxylic acids is 5. The highest BCUT2D eigenvalue weighted by molar-refractivity contribution is 6.06. The maximum atomic E-state index is 11.8. The number of likely N-dealkylation sites (tertiary alicyclic amines) is 4. The van der Waals surface area contributed by atoms with Gasteiger partial charge in [-0.3, -0.25) is 68.3 Å². The van der Waals surface area contributed by atoms with Crippen molar-refractivity contribution >= 4 is 67.0 Å². The summed E-state index contributed by atoms with van der Waals surface area (Å²) in [6.07, 6.45) is 55.2. The normalized spacial score (nSPS) is 27.5. The number of hydrogen-bond donors (Lipinski definition) is 8. The number of fused-ring (bicyclic) bond motifs is 1. The van der Waals surface area contributed by atoms with E-state index in [2.05, 4.69) is 84.1 Å². The van der Waals surface area contributed by atoms with E-state index in [1.165, 1.54) is 200 Å². The molecule has 130 heavy (non-hydrogen) atoms. The number of aliphatic imine (C=N–C) groups is 4. The molecule has 8 N–H and O–H groups in total. The molecule has 32 heteroatoms. The molecule has 31 nitrogen and oxygen atoms in total. The first-order valence-electron chi connectivity index (χ1n) is 48.6. The van der Waals surface area contributed by atoms with Gasteiger partial charge in [-0.05, 0) is 235 Å². The number of ketones is 3. The number of ether oxygens (including phenoxy) is 8. The van der Waals surface area contributed by atoms with Crippen molar-refractivity contribution in [3.63, 3.8) is 0 Å². The second-order valence-corrected chi connectivity index (χ2v) is 36.8. The number of allylic oxidation sites excluding steroid dienone is 10. The van der Waals surface area contributed by atoms with Crippen molar-refractivity contribution in [1.82, 2.24) is 56.2 Å². The molecule has 3 spiro atoms. The van der Waals surface area contributed by atoms with Crippen LogP contribution in [0.5, 0.6) is 0 Å². The largest absolute Gasteiger partial charge is 0.512 e. The predicted octanol–water partition coefficient (Wildman–Crippen LogP) is 12.9. The smallest absolute Gasteiger partial charge is 0.316 e. The third-order valence-electron chi connectivity index (χ3n) is 27.3. The van der Waals surface area contributed by atoms with Crippen LogP contribution in [-0.4, -0.2) is 255 Å². The van der Waals surface area contributed by atoms with E-state index in [1.54, 1.807) is 38.7 Å². The Morgan fingerprint density at radius 3 is 1.29 bits per heavy atom. The first-order valence-corrected chi connectivity index (χ1v) is 48.6. The first kappa shape index (κ1) is 101. The van der Waals surface area contributed by atoms with Crippen LogP contribution in [-0.2, 0) is 74.7 Å². The number of aromatic amines is 1. The van der Waals surface area contributed by atoms with Gasteiger partial charge in [0.25, 0.3) is 5.56 Å². The van der Waals surface area contributed by atoms with E-state index in [0.717, 1.165) is 145 Å². The minimum absolute atomic E-state index is 0. The van der Waals surface area contributed by atoms with E-state index < -0.39 is 29.4 Å². The van der Waals surface area contributed by atoms with E-state index in [1.807, 2.05) is 38.7 Å². The zero-order valence-corrected chi connectivity index (χ0v) is 78.6. The van der Waals surface area contributed by atoms with Crippen LogP contribution >= 0.6 is 12.4 Å². The number of aliphatic hydroxyl groups excluding tert-OH is 2. The number of rotatable bonds is 8. The molecule has 8 saturated heterocycles. The Morgan fingerprint density at radius 1 is 0.431 bits per heavy atom. The number of aromatic nitrogens is 2. The number of piperidine rings is 5. The van der Waals surface area contributed by atoms with Gasteiger partial charge >= 0.3 is 11.9 Å². The number of nitrogens with one attached hydrogen (secondary N) is 6. The van der Waals surface area contributed by atoms with Crippen molar-refractivity contribution < 1.29 is 72.1 Å². The Hall–Kier alpha value is -8.18. The Balaban J connectivity index is 0.000000134. The standard InChI is InChI=1S/C15H23N3O2.C14H21N3.2C13H19N3O.C11H16O5.C10H12N2O3.C10H14O3.C7H10O.C5H11N.ClH/c1-2-6-18(7-3-1)14-12-4-5-15(19-8-9-20-15)10-13(12)16-11-17-14;1-11-5-6-12-13(9-11)15-10-16-14(12)17-7-3-2-4-8-17;2*17-10-4-5-11-12(8-10)14-9-15-13(11)16-6-2-1-3-7-16;1-2-14-10(13)8-3-4-11(7-9(8)12)15-5-6-16-11;13-9-7-1-2-10(14-3-4-15-10)5-8(7)11-6-12-9;1-3-13-10(12)8-5-4-7(2)6-9(8)11;1-6-3-2-4-7(8)5-6;1-2-4-6-5-3-1;/h11,14H,1-10H2,(H,16,17);9-10,14H,2-8H2,1H3,(H,15,16);2*8-9,13,17H,1-7H2,(H,14,15);8H,2-7H2,1H3;6H,1-5H2,(H,11,12,13);6,8H,3-5H2,1-2H3;5H,2-4H2,1H3;6H,1-5H2;1H. The molecule has 1 aromatic heterocycles. The van der Waals surface area contributed by atoms with Crippen molar-refractivity contribution in [2.75, 3.05) is 118 Å². The van der Waals surface area contributed by atoms with Crippen LogP contribution in [0, 0.1) is 11.8 Å². The molecule has 1 aromatic rings. The second-order valence-electron chi connectivity index (χ2n) is 36.8. The Kier molecular flexibility index (Phi) is 39.4. The third-order valence-corrected chi connectivity index (χ3v) is 27.3. The topological polar surface area (TPSA) is 368 Å².